The highest BCUT2D eigenvalue weighted by Gasteiger charge is 2.18. The highest BCUT2D eigenvalue weighted by molar-refractivity contribution is 7.17. The molecule has 1 aliphatic carbocycles. The number of benzene rings is 1. The molecule has 1 nitrogen and oxygen atoms in total. The van der Waals surface area contributed by atoms with Crippen molar-refractivity contribution >= 4 is 21.4 Å². The lowest BCUT2D eigenvalue weighted by Crippen LogP contribution is -2.15. The van der Waals surface area contributed by atoms with E-state index in [9.17, 15) is 0 Å². The van der Waals surface area contributed by atoms with Gasteiger partial charge in [-0.25, -0.2) is 0 Å². The maximum absolute atomic E-state index is 6.51. The highest BCUT2D eigenvalue weighted by atomic mass is 32.1. The Hall–Kier alpha value is -0.860. The fourth-order valence-corrected chi connectivity index (χ4v) is 4.37. The molecule has 0 bridgehead atoms. The quantitative estimate of drug-likeness (QED) is 0.758. The fraction of sp³-hybridized carbons (Fsp3) is 0.529. The lowest BCUT2D eigenvalue weighted by atomic mass is 9.90. The van der Waals surface area contributed by atoms with Crippen LogP contribution in [0.4, 0.5) is 0 Å². The minimum Gasteiger partial charge on any atom is -0.324 e. The van der Waals surface area contributed by atoms with E-state index in [1.165, 1.54) is 54.2 Å². The molecule has 1 heterocycles. The van der Waals surface area contributed by atoms with Crippen molar-refractivity contribution in [1.82, 2.24) is 0 Å². The van der Waals surface area contributed by atoms with Gasteiger partial charge in [0.15, 0.2) is 0 Å². The summed E-state index contributed by atoms with van der Waals surface area (Å²) >= 11 is 1.83. The molecule has 0 amide bonds. The van der Waals surface area contributed by atoms with Crippen LogP contribution < -0.4 is 5.73 Å². The summed E-state index contributed by atoms with van der Waals surface area (Å²) in [5.74, 6) is 0.840. The van der Waals surface area contributed by atoms with Crippen molar-refractivity contribution in [3.8, 4) is 0 Å². The van der Waals surface area contributed by atoms with Crippen molar-refractivity contribution in [3.05, 3.63) is 35.2 Å². The van der Waals surface area contributed by atoms with E-state index in [0.29, 0.717) is 0 Å². The fourth-order valence-electron chi connectivity index (χ4n) is 3.39. The van der Waals surface area contributed by atoms with Crippen molar-refractivity contribution in [2.24, 2.45) is 11.7 Å². The Morgan fingerprint density at radius 3 is 2.68 bits per heavy atom. The van der Waals surface area contributed by atoms with Gasteiger partial charge in [0.2, 0.25) is 0 Å². The largest absolute Gasteiger partial charge is 0.324 e. The second kappa shape index (κ2) is 6.06. The molecule has 102 valence electrons. The zero-order valence-corrected chi connectivity index (χ0v) is 12.3. The molecule has 0 spiro atoms. The van der Waals surface area contributed by atoms with Crippen molar-refractivity contribution in [2.45, 2.75) is 51.0 Å². The molecular weight excluding hydrogens is 250 g/mol. The summed E-state index contributed by atoms with van der Waals surface area (Å²) in [5.41, 5.74) is 7.87. The van der Waals surface area contributed by atoms with Crippen molar-refractivity contribution < 1.29 is 0 Å². The van der Waals surface area contributed by atoms with Crippen molar-refractivity contribution in [1.29, 1.82) is 0 Å². The average molecular weight is 273 g/mol. The smallest absolute Gasteiger partial charge is 0.0390 e. The van der Waals surface area contributed by atoms with Crippen LogP contribution in [-0.4, -0.2) is 0 Å². The van der Waals surface area contributed by atoms with E-state index < -0.39 is 0 Å². The number of nitrogens with two attached hydrogens (primary N) is 1. The lowest BCUT2D eigenvalue weighted by Gasteiger charge is -2.20. The Bertz CT molecular complexity index is 523. The van der Waals surface area contributed by atoms with Crippen LogP contribution >= 0.6 is 11.3 Å². The van der Waals surface area contributed by atoms with Gasteiger partial charge in [0, 0.05) is 10.7 Å². The first-order valence-corrected chi connectivity index (χ1v) is 8.44. The van der Waals surface area contributed by atoms with Crippen LogP contribution in [0.3, 0.4) is 0 Å². The van der Waals surface area contributed by atoms with Crippen LogP contribution in [0, 0.1) is 5.92 Å². The first-order valence-electron chi connectivity index (χ1n) is 7.56. The Morgan fingerprint density at radius 2 is 1.89 bits per heavy atom. The number of thiophene rings is 1. The monoisotopic (exact) mass is 273 g/mol. The van der Waals surface area contributed by atoms with Crippen molar-refractivity contribution in [3.63, 3.8) is 0 Å². The number of hydrogen-bond acceptors (Lipinski definition) is 2. The molecule has 3 rings (SSSR count). The summed E-state index contributed by atoms with van der Waals surface area (Å²) < 4.78 is 1.39. The van der Waals surface area contributed by atoms with Crippen LogP contribution in [0.5, 0.6) is 0 Å². The van der Waals surface area contributed by atoms with Gasteiger partial charge in [0.05, 0.1) is 0 Å². The molecule has 1 unspecified atom stereocenters. The van der Waals surface area contributed by atoms with Crippen LogP contribution in [0.15, 0.2) is 29.6 Å². The second-order valence-corrected chi connectivity index (χ2v) is 6.80. The van der Waals surface area contributed by atoms with E-state index in [2.05, 4.69) is 29.6 Å². The van der Waals surface area contributed by atoms with E-state index in [0.717, 1.165) is 12.3 Å². The highest BCUT2D eigenvalue weighted by Crippen LogP contribution is 2.34. The predicted octanol–water partition coefficient (Wildman–Crippen LogP) is 5.26. The summed E-state index contributed by atoms with van der Waals surface area (Å²) in [5, 5.41) is 3.52. The lowest BCUT2D eigenvalue weighted by molar-refractivity contribution is 0.394. The average Bonchev–Trinajstić information content (AvgIpc) is 2.76. The molecule has 1 aromatic carbocycles. The number of rotatable bonds is 3. The van der Waals surface area contributed by atoms with E-state index in [1.807, 2.05) is 11.3 Å². The zero-order valence-electron chi connectivity index (χ0n) is 11.5. The summed E-state index contributed by atoms with van der Waals surface area (Å²) in [6.07, 6.45) is 9.58. The van der Waals surface area contributed by atoms with Gasteiger partial charge in [0.25, 0.3) is 0 Å². The predicted molar refractivity (Wildman–Crippen MR) is 84.6 cm³/mol. The molecule has 0 saturated heterocycles. The van der Waals surface area contributed by atoms with Gasteiger partial charge < -0.3 is 5.73 Å². The van der Waals surface area contributed by atoms with Gasteiger partial charge in [-0.15, -0.1) is 11.3 Å². The first kappa shape index (κ1) is 13.1. The molecule has 1 fully saturated rings. The standard InChI is InChI=1S/C17H23NS/c18-16(12-13-6-3-1-2-4-7-13)15-9-5-8-14-10-11-19-17(14)15/h5,8-11,13,16H,1-4,6-7,12,18H2. The molecule has 1 aliphatic rings. The van der Waals surface area contributed by atoms with Crippen LogP contribution in [0.25, 0.3) is 10.1 Å². The van der Waals surface area contributed by atoms with Gasteiger partial charge in [-0.1, -0.05) is 56.7 Å². The normalized spacial score (nSPS) is 19.4. The maximum atomic E-state index is 6.51. The zero-order chi connectivity index (χ0) is 13.1. The SMILES string of the molecule is NC(CC1CCCCCC1)c1cccc2ccsc12. The molecule has 2 aromatic rings. The van der Waals surface area contributed by atoms with Gasteiger partial charge in [0.1, 0.15) is 0 Å². The third kappa shape index (κ3) is 3.01. The molecule has 0 aliphatic heterocycles. The molecule has 19 heavy (non-hydrogen) atoms. The van der Waals surface area contributed by atoms with Gasteiger partial charge >= 0.3 is 0 Å². The Labute approximate surface area is 119 Å². The Morgan fingerprint density at radius 1 is 1.11 bits per heavy atom. The minimum atomic E-state index is 0.213. The van der Waals surface area contributed by atoms with E-state index in [1.54, 1.807) is 0 Å². The number of hydrogen-bond donors (Lipinski definition) is 1. The van der Waals surface area contributed by atoms with Gasteiger partial charge in [-0.3, -0.25) is 0 Å². The van der Waals surface area contributed by atoms with E-state index >= 15 is 0 Å². The summed E-state index contributed by atoms with van der Waals surface area (Å²) in [6.45, 7) is 0. The molecule has 1 aromatic heterocycles. The number of fused-ring (bicyclic) bond motifs is 1. The first-order chi connectivity index (χ1) is 9.34. The molecule has 0 radical (unpaired) electrons. The minimum absolute atomic E-state index is 0.213. The third-order valence-corrected chi connectivity index (χ3v) is 5.45. The third-order valence-electron chi connectivity index (χ3n) is 4.47. The molecule has 2 N–H and O–H groups in total. The van der Waals surface area contributed by atoms with Gasteiger partial charge in [-0.2, -0.15) is 0 Å². The van der Waals surface area contributed by atoms with Gasteiger partial charge in [-0.05, 0) is 34.7 Å². The second-order valence-electron chi connectivity index (χ2n) is 5.89. The molecule has 1 saturated carbocycles. The molecular formula is C17H23NS. The van der Waals surface area contributed by atoms with Crippen molar-refractivity contribution in [2.75, 3.05) is 0 Å². The van der Waals surface area contributed by atoms with Crippen LogP contribution in [0.1, 0.15) is 56.6 Å². The maximum Gasteiger partial charge on any atom is 0.0390 e. The van der Waals surface area contributed by atoms with E-state index in [4.69, 9.17) is 5.73 Å². The summed E-state index contributed by atoms with van der Waals surface area (Å²) in [7, 11) is 0. The Kier molecular flexibility index (Phi) is 4.19. The summed E-state index contributed by atoms with van der Waals surface area (Å²) in [6, 6.07) is 8.97. The Balaban J connectivity index is 1.75. The summed E-state index contributed by atoms with van der Waals surface area (Å²) in [4.78, 5) is 0. The van der Waals surface area contributed by atoms with Crippen LogP contribution in [0.2, 0.25) is 0 Å². The van der Waals surface area contributed by atoms with Crippen LogP contribution in [-0.2, 0) is 0 Å². The topological polar surface area (TPSA) is 26.0 Å². The van der Waals surface area contributed by atoms with E-state index in [-0.39, 0.29) is 6.04 Å². The molecule has 2 heteroatoms. The molecule has 1 atom stereocenters.